The predicted molar refractivity (Wildman–Crippen MR) is 86.7 cm³/mol. The third kappa shape index (κ3) is 5.47. The fourth-order valence-electron chi connectivity index (χ4n) is 2.96. The lowest BCUT2D eigenvalue weighted by Crippen LogP contribution is -2.42. The Morgan fingerprint density at radius 1 is 1.38 bits per heavy atom. The van der Waals surface area contributed by atoms with Crippen LogP contribution in [-0.4, -0.2) is 38.4 Å². The summed E-state index contributed by atoms with van der Waals surface area (Å²) < 4.78 is 11.2. The molecule has 0 amide bonds. The Morgan fingerprint density at radius 3 is 2.48 bits per heavy atom. The molecule has 1 N–H and O–H groups in total. The maximum atomic E-state index is 12.0. The van der Waals surface area contributed by atoms with Gasteiger partial charge in [-0.2, -0.15) is 0 Å². The molecule has 124 valence electrons. The largest absolute Gasteiger partial charge is 0.432 e. The molecule has 0 aliphatic heterocycles. The van der Waals surface area contributed by atoms with E-state index >= 15 is 0 Å². The van der Waals surface area contributed by atoms with E-state index in [1.807, 2.05) is 20.0 Å². The number of Topliss-reactive ketones (excluding diaryl/α,β-unsaturated/α-hetero) is 1. The summed E-state index contributed by atoms with van der Waals surface area (Å²) in [5.74, 6) is 0.579. The van der Waals surface area contributed by atoms with E-state index < -0.39 is 8.32 Å². The molecule has 0 radical (unpaired) electrons. The molecule has 0 aromatic rings. The number of hydrogen-bond acceptors (Lipinski definition) is 4. The second-order valence-corrected chi connectivity index (χ2v) is 12.0. The number of carbonyl (C=O) groups excluding carboxylic acids is 1. The Bertz CT molecular complexity index is 345. The van der Waals surface area contributed by atoms with E-state index in [9.17, 15) is 9.59 Å². The maximum Gasteiger partial charge on any atom is 0.188 e. The number of hydrogen-bond donors (Lipinski definition) is 1. The Morgan fingerprint density at radius 2 is 2.00 bits per heavy atom. The lowest BCUT2D eigenvalue weighted by Gasteiger charge is -2.40. The van der Waals surface area contributed by atoms with Crippen molar-refractivity contribution in [1.29, 1.82) is 0 Å². The van der Waals surface area contributed by atoms with Gasteiger partial charge in [-0.25, -0.2) is 0 Å². The molecule has 1 saturated carbocycles. The zero-order chi connectivity index (χ0) is 16.3. The quantitative estimate of drug-likeness (QED) is 0.577. The summed E-state index contributed by atoms with van der Waals surface area (Å²) in [4.78, 5) is 22.4. The average molecular weight is 317 g/mol. The van der Waals surface area contributed by atoms with Gasteiger partial charge in [0.2, 0.25) is 0 Å². The van der Waals surface area contributed by atoms with Crippen molar-refractivity contribution in [3.05, 3.63) is 0 Å². The molecule has 0 aromatic heterocycles. The topological polar surface area (TPSA) is 55.8 Å². The first-order valence-corrected chi connectivity index (χ1v) is 11.0. The van der Waals surface area contributed by atoms with E-state index in [2.05, 4.69) is 13.8 Å². The highest BCUT2D eigenvalue weighted by Crippen LogP contribution is 2.44. The van der Waals surface area contributed by atoms with Crippen LogP contribution in [0.3, 0.4) is 0 Å². The lowest BCUT2D eigenvalue weighted by molar-refractivity contribution is -0.170. The van der Waals surface area contributed by atoms with Gasteiger partial charge in [-0.15, -0.1) is 0 Å². The first kappa shape index (κ1) is 18.8. The second-order valence-electron chi connectivity index (χ2n) is 7.53. The van der Waals surface area contributed by atoms with E-state index in [-0.39, 0.29) is 23.2 Å². The third-order valence-electron chi connectivity index (χ3n) is 4.96. The van der Waals surface area contributed by atoms with Crippen LogP contribution in [0.25, 0.3) is 0 Å². The highest BCUT2D eigenvalue weighted by Gasteiger charge is 2.41. The van der Waals surface area contributed by atoms with Crippen molar-refractivity contribution in [3.63, 3.8) is 0 Å². The van der Waals surface area contributed by atoms with Gasteiger partial charge in [0.1, 0.15) is 5.78 Å². The number of rotatable bonds is 7. The standard InChI is InChI=1S/C16H32O4Si/c1-7-15(19-4)20-14-9-12(8-13(17)10-14)11-16(2,3)21(5,6)18/h12,14-15,18H,7-11H2,1-6H3/t12-,14-,15?/m0/s1. The van der Waals surface area contributed by atoms with Gasteiger partial charge in [0.15, 0.2) is 14.6 Å². The molecule has 0 spiro atoms. The van der Waals surface area contributed by atoms with Gasteiger partial charge in [-0.3, -0.25) is 4.79 Å². The molecule has 3 atom stereocenters. The highest BCUT2D eigenvalue weighted by molar-refractivity contribution is 6.72. The minimum atomic E-state index is -2.24. The van der Waals surface area contributed by atoms with Crippen molar-refractivity contribution in [2.45, 2.75) is 83.4 Å². The smallest absolute Gasteiger partial charge is 0.188 e. The number of carbonyl (C=O) groups is 1. The van der Waals surface area contributed by atoms with Gasteiger partial charge in [0, 0.05) is 20.0 Å². The number of methoxy groups -OCH3 is 1. The summed E-state index contributed by atoms with van der Waals surface area (Å²) in [6, 6.07) is 0. The normalized spacial score (nSPS) is 26.0. The van der Waals surface area contributed by atoms with Crippen LogP contribution in [0.2, 0.25) is 18.1 Å². The number of ketones is 1. The van der Waals surface area contributed by atoms with Gasteiger partial charge >= 0.3 is 0 Å². The molecule has 1 rings (SSSR count). The molecule has 5 heteroatoms. The van der Waals surface area contributed by atoms with E-state index in [4.69, 9.17) is 9.47 Å². The summed E-state index contributed by atoms with van der Waals surface area (Å²) >= 11 is 0. The van der Waals surface area contributed by atoms with Crippen LogP contribution >= 0.6 is 0 Å². The van der Waals surface area contributed by atoms with Crippen molar-refractivity contribution >= 4 is 14.1 Å². The molecule has 1 fully saturated rings. The van der Waals surface area contributed by atoms with Crippen LogP contribution in [0.4, 0.5) is 0 Å². The van der Waals surface area contributed by atoms with Crippen LogP contribution in [0.15, 0.2) is 0 Å². The third-order valence-corrected chi connectivity index (χ3v) is 8.48. The fourth-order valence-corrected chi connectivity index (χ4v) is 3.75. The highest BCUT2D eigenvalue weighted by atomic mass is 28.4. The van der Waals surface area contributed by atoms with Crippen molar-refractivity contribution in [2.75, 3.05) is 7.11 Å². The molecule has 1 aliphatic carbocycles. The molecule has 0 heterocycles. The lowest BCUT2D eigenvalue weighted by atomic mass is 9.81. The van der Waals surface area contributed by atoms with Crippen LogP contribution < -0.4 is 0 Å². The monoisotopic (exact) mass is 316 g/mol. The van der Waals surface area contributed by atoms with Gasteiger partial charge in [-0.1, -0.05) is 20.8 Å². The predicted octanol–water partition coefficient (Wildman–Crippen LogP) is 3.49. The number of ether oxygens (including phenoxy) is 2. The average Bonchev–Trinajstić information content (AvgIpc) is 2.33. The van der Waals surface area contributed by atoms with Gasteiger partial charge in [0.25, 0.3) is 0 Å². The molecule has 21 heavy (non-hydrogen) atoms. The van der Waals surface area contributed by atoms with Crippen molar-refractivity contribution in [1.82, 2.24) is 0 Å². The SMILES string of the molecule is CCC(OC)O[C@@H]1CC(=O)C[C@H](CC(C)(C)[Si](C)(C)O)C1. The summed E-state index contributed by atoms with van der Waals surface area (Å²) in [5, 5.41) is -0.0920. The molecule has 0 saturated heterocycles. The Hall–Kier alpha value is -0.233. The Labute approximate surface area is 130 Å². The zero-order valence-corrected chi connectivity index (χ0v) is 15.4. The minimum absolute atomic E-state index is 0.0413. The molecule has 1 aliphatic rings. The maximum absolute atomic E-state index is 12.0. The molecule has 0 aromatic carbocycles. The van der Waals surface area contributed by atoms with E-state index in [1.165, 1.54) is 0 Å². The van der Waals surface area contributed by atoms with Crippen LogP contribution in [0.5, 0.6) is 0 Å². The van der Waals surface area contributed by atoms with Gasteiger partial charge in [0.05, 0.1) is 6.10 Å². The second kappa shape index (κ2) is 7.35. The van der Waals surface area contributed by atoms with Crippen molar-refractivity contribution < 1.29 is 19.1 Å². The molecular formula is C16H32O4Si. The Balaban J connectivity index is 2.66. The summed E-state index contributed by atoms with van der Waals surface area (Å²) in [6.45, 7) is 10.2. The molecule has 4 nitrogen and oxygen atoms in total. The van der Waals surface area contributed by atoms with Gasteiger partial charge < -0.3 is 14.3 Å². The Kier molecular flexibility index (Phi) is 6.59. The van der Waals surface area contributed by atoms with E-state index in [0.717, 1.165) is 19.3 Å². The summed E-state index contributed by atoms with van der Waals surface area (Å²) in [7, 11) is -0.597. The van der Waals surface area contributed by atoms with Crippen LogP contribution in [-0.2, 0) is 14.3 Å². The van der Waals surface area contributed by atoms with Crippen LogP contribution in [0, 0.1) is 5.92 Å². The van der Waals surface area contributed by atoms with E-state index in [1.54, 1.807) is 7.11 Å². The molecule has 0 bridgehead atoms. The van der Waals surface area contributed by atoms with Crippen molar-refractivity contribution in [3.8, 4) is 0 Å². The van der Waals surface area contributed by atoms with Crippen LogP contribution in [0.1, 0.15) is 52.9 Å². The molecular weight excluding hydrogens is 284 g/mol. The minimum Gasteiger partial charge on any atom is -0.432 e. The van der Waals surface area contributed by atoms with E-state index in [0.29, 0.717) is 18.8 Å². The first-order chi connectivity index (χ1) is 9.59. The van der Waals surface area contributed by atoms with Crippen molar-refractivity contribution in [2.24, 2.45) is 5.92 Å². The first-order valence-electron chi connectivity index (χ1n) is 8.01. The molecule has 1 unspecified atom stereocenters. The summed E-state index contributed by atoms with van der Waals surface area (Å²) in [6.07, 6.45) is 3.42. The summed E-state index contributed by atoms with van der Waals surface area (Å²) in [5.41, 5.74) is 0. The van der Waals surface area contributed by atoms with Gasteiger partial charge in [-0.05, 0) is 43.3 Å². The zero-order valence-electron chi connectivity index (χ0n) is 14.4. The fraction of sp³-hybridized carbons (Fsp3) is 0.938.